The molecule has 64 heavy (non-hydrogen) atoms. The van der Waals surface area contributed by atoms with Gasteiger partial charge in [-0.2, -0.15) is 0 Å². The molecule has 0 aromatic carbocycles. The summed E-state index contributed by atoms with van der Waals surface area (Å²) in [5.41, 5.74) is 0. The normalized spacial score (nSPS) is 13.9. The van der Waals surface area contributed by atoms with Gasteiger partial charge in [0, 0.05) is 6.42 Å². The van der Waals surface area contributed by atoms with Gasteiger partial charge in [0.1, 0.15) is 6.61 Å². The molecule has 0 aromatic heterocycles. The van der Waals surface area contributed by atoms with Gasteiger partial charge in [-0.25, -0.2) is 0 Å². The Morgan fingerprint density at radius 2 is 0.672 bits per heavy atom. The van der Waals surface area contributed by atoms with E-state index in [9.17, 15) is 14.7 Å². The number of aliphatic hydroxyl groups is 1. The highest BCUT2D eigenvalue weighted by Gasteiger charge is 2.15. The Labute approximate surface area is 391 Å². The molecule has 1 atom stereocenters. The molecule has 0 rings (SSSR count). The lowest BCUT2D eigenvalue weighted by atomic mass is 10.1. The molecular formula is C59H86O5. The summed E-state index contributed by atoms with van der Waals surface area (Å²) in [4.78, 5) is 24.3. The van der Waals surface area contributed by atoms with Crippen LogP contribution in [0, 0.1) is 0 Å². The third kappa shape index (κ3) is 49.7. The van der Waals surface area contributed by atoms with Gasteiger partial charge in [-0.1, -0.05) is 209 Å². The molecule has 5 heteroatoms. The van der Waals surface area contributed by atoms with E-state index in [1.807, 2.05) is 6.08 Å². The largest absolute Gasteiger partial charge is 0.461 e. The zero-order valence-corrected chi connectivity index (χ0v) is 39.9. The molecule has 0 saturated carbocycles. The third-order valence-corrected chi connectivity index (χ3v) is 9.23. The van der Waals surface area contributed by atoms with Crippen molar-refractivity contribution in [3.8, 4) is 0 Å². The summed E-state index contributed by atoms with van der Waals surface area (Å²) in [6.45, 7) is 3.77. The molecule has 0 fully saturated rings. The molecule has 1 unspecified atom stereocenters. The van der Waals surface area contributed by atoms with Gasteiger partial charge in [-0.3, -0.25) is 9.59 Å². The van der Waals surface area contributed by atoms with Crippen molar-refractivity contribution in [1.82, 2.24) is 0 Å². The van der Waals surface area contributed by atoms with E-state index in [0.717, 1.165) is 128 Å². The molecule has 352 valence electrons. The number of aliphatic hydroxyl groups excluding tert-OH is 1. The maximum Gasteiger partial charge on any atom is 0.309 e. The second-order valence-corrected chi connectivity index (χ2v) is 15.1. The van der Waals surface area contributed by atoms with Crippen molar-refractivity contribution in [3.05, 3.63) is 182 Å². The minimum absolute atomic E-state index is 0.134. The number of carbonyl (C=O) groups excluding carboxylic acids is 2. The summed E-state index contributed by atoms with van der Waals surface area (Å²) in [5, 5.41) is 9.58. The Morgan fingerprint density at radius 3 is 1.00 bits per heavy atom. The van der Waals surface area contributed by atoms with Crippen molar-refractivity contribution >= 4 is 11.9 Å². The van der Waals surface area contributed by atoms with Crippen LogP contribution in [-0.4, -0.2) is 36.4 Å². The van der Waals surface area contributed by atoms with Gasteiger partial charge < -0.3 is 14.6 Å². The van der Waals surface area contributed by atoms with Gasteiger partial charge in [-0.15, -0.1) is 0 Å². The van der Waals surface area contributed by atoms with Crippen molar-refractivity contribution in [3.63, 3.8) is 0 Å². The lowest BCUT2D eigenvalue weighted by Gasteiger charge is -2.15. The molecule has 1 N–H and O–H groups in total. The van der Waals surface area contributed by atoms with Crippen LogP contribution in [0.25, 0.3) is 0 Å². The lowest BCUT2D eigenvalue weighted by molar-refractivity contribution is -0.161. The first-order valence-corrected chi connectivity index (χ1v) is 24.3. The Kier molecular flexibility index (Phi) is 48.3. The van der Waals surface area contributed by atoms with E-state index in [4.69, 9.17) is 9.47 Å². The Morgan fingerprint density at radius 1 is 0.375 bits per heavy atom. The first kappa shape index (κ1) is 59.0. The van der Waals surface area contributed by atoms with Crippen LogP contribution in [0.15, 0.2) is 182 Å². The average Bonchev–Trinajstić information content (AvgIpc) is 3.30. The first-order valence-electron chi connectivity index (χ1n) is 24.3. The van der Waals surface area contributed by atoms with Crippen LogP contribution in [0.4, 0.5) is 0 Å². The lowest BCUT2D eigenvalue weighted by Crippen LogP contribution is -2.28. The number of carbonyl (C=O) groups is 2. The van der Waals surface area contributed by atoms with Crippen LogP contribution in [0.3, 0.4) is 0 Å². The quantitative estimate of drug-likeness (QED) is 0.0376. The highest BCUT2D eigenvalue weighted by molar-refractivity contribution is 5.71. The summed E-state index contributed by atoms with van der Waals surface area (Å²) < 4.78 is 10.5. The predicted octanol–water partition coefficient (Wildman–Crippen LogP) is 16.4. The van der Waals surface area contributed by atoms with Crippen molar-refractivity contribution < 1.29 is 24.2 Å². The van der Waals surface area contributed by atoms with E-state index >= 15 is 0 Å². The van der Waals surface area contributed by atoms with E-state index in [0.29, 0.717) is 6.42 Å². The van der Waals surface area contributed by atoms with Crippen LogP contribution in [0.1, 0.15) is 155 Å². The molecule has 0 amide bonds. The van der Waals surface area contributed by atoms with E-state index in [1.54, 1.807) is 6.08 Å². The molecule has 0 heterocycles. The van der Waals surface area contributed by atoms with Crippen LogP contribution in [0.2, 0.25) is 0 Å². The molecule has 0 bridgehead atoms. The fraction of sp³-hybridized carbons (Fsp3) is 0.458. The summed E-state index contributed by atoms with van der Waals surface area (Å²) in [6, 6.07) is 0. The fourth-order valence-electron chi connectivity index (χ4n) is 5.65. The smallest absolute Gasteiger partial charge is 0.309 e. The molecule has 0 aliphatic carbocycles. The predicted molar refractivity (Wildman–Crippen MR) is 278 cm³/mol. The van der Waals surface area contributed by atoms with E-state index in [-0.39, 0.29) is 25.6 Å². The Hall–Kier alpha value is -5.00. The topological polar surface area (TPSA) is 72.8 Å². The van der Waals surface area contributed by atoms with E-state index < -0.39 is 12.1 Å². The number of esters is 2. The first-order chi connectivity index (χ1) is 31.6. The van der Waals surface area contributed by atoms with E-state index in [2.05, 4.69) is 184 Å². The number of hydrogen-bond donors (Lipinski definition) is 1. The minimum atomic E-state index is -0.840. The number of rotatable bonds is 41. The summed E-state index contributed by atoms with van der Waals surface area (Å²) in [7, 11) is 0. The van der Waals surface area contributed by atoms with E-state index in [1.165, 1.54) is 0 Å². The second kappa shape index (κ2) is 52.3. The van der Waals surface area contributed by atoms with Gasteiger partial charge in [0.05, 0.1) is 13.0 Å². The average molecular weight is 875 g/mol. The second-order valence-electron chi connectivity index (χ2n) is 15.1. The summed E-state index contributed by atoms with van der Waals surface area (Å²) in [5.74, 6) is -0.788. The molecule has 0 aliphatic rings. The Bertz CT molecular complexity index is 1550. The zero-order valence-electron chi connectivity index (χ0n) is 39.9. The third-order valence-electron chi connectivity index (χ3n) is 9.23. The van der Waals surface area contributed by atoms with Crippen LogP contribution < -0.4 is 0 Å². The summed E-state index contributed by atoms with van der Waals surface area (Å²) in [6.07, 6.45) is 84.3. The van der Waals surface area contributed by atoms with Gasteiger partial charge in [-0.05, 0) is 116 Å². The van der Waals surface area contributed by atoms with Gasteiger partial charge >= 0.3 is 11.9 Å². The fourth-order valence-corrected chi connectivity index (χ4v) is 5.65. The minimum Gasteiger partial charge on any atom is -0.461 e. The number of allylic oxidation sites excluding steroid dienone is 29. The monoisotopic (exact) mass is 875 g/mol. The molecule has 5 nitrogen and oxygen atoms in total. The van der Waals surface area contributed by atoms with Crippen LogP contribution >= 0.6 is 0 Å². The van der Waals surface area contributed by atoms with Crippen molar-refractivity contribution in [2.24, 2.45) is 0 Å². The standard InChI is InChI=1S/C59H86O5/c1-3-5-7-9-11-13-15-17-19-20-21-22-23-24-25-26-27-28-29-30-31-32-33-34-35-36-37-38-40-42-44-46-48-50-52-54-59(62)64-57(55-60)56-63-58(61)53-51-49-47-45-43-41-39-18-16-14-12-10-8-6-4-2/h5-8,11-14,17-19,21-22,24-25,27-28,30-31,33-34,36-37,39-40,42-43,45,49,51,57,60H,3-4,9-10,15-16,20,23,26,29,32,35,38,41,44,46-48,50,52-56H2,1-2H3/b7-5-,8-6-,13-11-,14-12-,19-17-,22-21-,25-24-,28-27-,31-30-,34-33-,37-36-,39-18-,42-40-,45-43-,51-49-. The molecule has 0 aliphatic heterocycles. The molecule has 0 aromatic rings. The van der Waals surface area contributed by atoms with Crippen molar-refractivity contribution in [2.75, 3.05) is 13.2 Å². The van der Waals surface area contributed by atoms with Gasteiger partial charge in [0.15, 0.2) is 6.10 Å². The molecule has 0 radical (unpaired) electrons. The Balaban J connectivity index is 3.77. The van der Waals surface area contributed by atoms with Gasteiger partial charge in [0.2, 0.25) is 0 Å². The van der Waals surface area contributed by atoms with Crippen molar-refractivity contribution in [1.29, 1.82) is 0 Å². The van der Waals surface area contributed by atoms with Gasteiger partial charge in [0.25, 0.3) is 0 Å². The van der Waals surface area contributed by atoms with Crippen LogP contribution in [-0.2, 0) is 19.1 Å². The number of hydrogen-bond acceptors (Lipinski definition) is 5. The molecule has 0 saturated heterocycles. The SMILES string of the molecule is CC/C=C\C/C=C\C/C=C\C/C=C\C/C=C\C/C=C\C/C=C\C/C=C\C/C=C\C/C=C\CCCCCCC(=O)OC(CO)COC(=O)C/C=C\C/C=C\C/C=C\C/C=C\C/C=C\CC. The highest BCUT2D eigenvalue weighted by atomic mass is 16.6. The van der Waals surface area contributed by atoms with Crippen LogP contribution in [0.5, 0.6) is 0 Å². The highest BCUT2D eigenvalue weighted by Crippen LogP contribution is 2.09. The summed E-state index contributed by atoms with van der Waals surface area (Å²) >= 11 is 0. The number of ether oxygens (including phenoxy) is 2. The number of unbranched alkanes of at least 4 members (excludes halogenated alkanes) is 4. The molecular weight excluding hydrogens is 789 g/mol. The maximum absolute atomic E-state index is 12.2. The van der Waals surface area contributed by atoms with Crippen molar-refractivity contribution in [2.45, 2.75) is 161 Å². The molecule has 0 spiro atoms. The zero-order chi connectivity index (χ0) is 46.3. The maximum atomic E-state index is 12.2.